The second-order valence-corrected chi connectivity index (χ2v) is 5.22. The molecule has 0 aliphatic heterocycles. The second-order valence-electron chi connectivity index (χ2n) is 4.78. The molecule has 0 bridgehead atoms. The number of nitrogens with zero attached hydrogens (tertiary/aromatic N) is 4. The number of fused-ring (bicyclic) bond motifs is 1. The molecule has 0 amide bonds. The number of aryl methyl sites for hydroxylation is 2. The quantitative estimate of drug-likeness (QED) is 0.607. The lowest BCUT2D eigenvalue weighted by molar-refractivity contribution is 1.07. The third kappa shape index (κ3) is 2.67. The van der Waals surface area contributed by atoms with E-state index in [-0.39, 0.29) is 0 Å². The number of azo groups is 1. The van der Waals surface area contributed by atoms with Crippen molar-refractivity contribution < 1.29 is 0 Å². The average molecular weight is 299 g/mol. The molecule has 21 heavy (non-hydrogen) atoms. The van der Waals surface area contributed by atoms with Crippen molar-refractivity contribution in [2.45, 2.75) is 20.3 Å². The van der Waals surface area contributed by atoms with Crippen molar-refractivity contribution >= 4 is 28.8 Å². The Bertz CT molecular complexity index is 820. The zero-order valence-electron chi connectivity index (χ0n) is 11.9. The van der Waals surface area contributed by atoms with E-state index in [2.05, 4.69) is 28.2 Å². The van der Waals surface area contributed by atoms with Crippen molar-refractivity contribution in [3.05, 3.63) is 58.9 Å². The Balaban J connectivity index is 2.07. The van der Waals surface area contributed by atoms with Crippen molar-refractivity contribution in [2.75, 3.05) is 0 Å². The van der Waals surface area contributed by atoms with E-state index in [0.717, 1.165) is 23.4 Å². The van der Waals surface area contributed by atoms with E-state index < -0.39 is 0 Å². The molecular weight excluding hydrogens is 284 g/mol. The number of halogens is 1. The summed E-state index contributed by atoms with van der Waals surface area (Å²) in [7, 11) is 0. The molecule has 0 spiro atoms. The third-order valence-electron chi connectivity index (χ3n) is 3.35. The highest BCUT2D eigenvalue weighted by molar-refractivity contribution is 6.30. The lowest BCUT2D eigenvalue weighted by Crippen LogP contribution is -1.83. The third-order valence-corrected chi connectivity index (χ3v) is 3.57. The molecule has 5 heteroatoms. The fourth-order valence-corrected chi connectivity index (χ4v) is 2.41. The largest absolute Gasteiger partial charge is 0.281 e. The van der Waals surface area contributed by atoms with Gasteiger partial charge < -0.3 is 0 Å². The molecule has 0 aliphatic rings. The molecule has 0 saturated heterocycles. The number of rotatable bonds is 3. The minimum absolute atomic E-state index is 0.644. The summed E-state index contributed by atoms with van der Waals surface area (Å²) in [6.07, 6.45) is 2.73. The van der Waals surface area contributed by atoms with Crippen molar-refractivity contribution in [3.8, 4) is 0 Å². The van der Waals surface area contributed by atoms with Crippen LogP contribution < -0.4 is 0 Å². The van der Waals surface area contributed by atoms with Gasteiger partial charge in [-0.25, -0.2) is 4.98 Å². The summed E-state index contributed by atoms with van der Waals surface area (Å²) >= 11 is 6.04. The van der Waals surface area contributed by atoms with Gasteiger partial charge in [0, 0.05) is 6.20 Å². The highest BCUT2D eigenvalue weighted by atomic mass is 35.5. The van der Waals surface area contributed by atoms with Crippen LogP contribution in [0.1, 0.15) is 18.2 Å². The van der Waals surface area contributed by atoms with Crippen molar-refractivity contribution in [2.24, 2.45) is 10.2 Å². The van der Waals surface area contributed by atoms with E-state index in [9.17, 15) is 0 Å². The average Bonchev–Trinajstić information content (AvgIpc) is 2.80. The fourth-order valence-electron chi connectivity index (χ4n) is 2.25. The van der Waals surface area contributed by atoms with E-state index in [1.54, 1.807) is 6.20 Å². The lowest BCUT2D eigenvalue weighted by atomic mass is 10.1. The van der Waals surface area contributed by atoms with Crippen LogP contribution in [0.25, 0.3) is 5.65 Å². The van der Waals surface area contributed by atoms with Crippen LogP contribution in [0.2, 0.25) is 5.02 Å². The topological polar surface area (TPSA) is 42.0 Å². The van der Waals surface area contributed by atoms with Gasteiger partial charge in [-0.05, 0) is 37.1 Å². The molecule has 3 rings (SSSR count). The Hall–Kier alpha value is -2.20. The molecule has 106 valence electrons. The first-order valence-corrected chi connectivity index (χ1v) is 7.20. The molecule has 0 saturated carbocycles. The highest BCUT2D eigenvalue weighted by Crippen LogP contribution is 2.26. The SMILES string of the molecule is CCc1ccccc1N=Nc1c(C)nc2ccc(Cl)cn12. The summed E-state index contributed by atoms with van der Waals surface area (Å²) in [5.74, 6) is 0.707. The summed E-state index contributed by atoms with van der Waals surface area (Å²) in [5.41, 5.74) is 3.70. The lowest BCUT2D eigenvalue weighted by Gasteiger charge is -2.01. The number of aromatic nitrogens is 2. The molecular formula is C16H15ClN4. The molecule has 0 atom stereocenters. The molecule has 2 heterocycles. The van der Waals surface area contributed by atoms with Gasteiger partial charge in [0.25, 0.3) is 0 Å². The van der Waals surface area contributed by atoms with Gasteiger partial charge in [0.2, 0.25) is 0 Å². The Morgan fingerprint density at radius 1 is 1.14 bits per heavy atom. The van der Waals surface area contributed by atoms with E-state index in [1.165, 1.54) is 5.56 Å². The molecule has 0 N–H and O–H groups in total. The van der Waals surface area contributed by atoms with Crippen LogP contribution in [-0.2, 0) is 6.42 Å². The summed E-state index contributed by atoms with van der Waals surface area (Å²) in [6.45, 7) is 4.02. The molecule has 0 aliphatic carbocycles. The number of hydrogen-bond acceptors (Lipinski definition) is 3. The molecule has 1 aromatic carbocycles. The van der Waals surface area contributed by atoms with E-state index in [0.29, 0.717) is 10.8 Å². The summed E-state index contributed by atoms with van der Waals surface area (Å²) < 4.78 is 1.86. The van der Waals surface area contributed by atoms with Crippen molar-refractivity contribution in [3.63, 3.8) is 0 Å². The van der Waals surface area contributed by atoms with Crippen LogP contribution in [0.3, 0.4) is 0 Å². The predicted octanol–water partition coefficient (Wildman–Crippen LogP) is 5.27. The van der Waals surface area contributed by atoms with Gasteiger partial charge in [0.05, 0.1) is 16.4 Å². The standard InChI is InChI=1S/C16H15ClN4/c1-3-12-6-4-5-7-14(12)19-20-16-11(2)18-15-9-8-13(17)10-21(15)16/h4-10H,3H2,1-2H3. The van der Waals surface area contributed by atoms with Crippen molar-refractivity contribution in [1.29, 1.82) is 0 Å². The summed E-state index contributed by atoms with van der Waals surface area (Å²) in [5, 5.41) is 9.41. The normalized spacial score (nSPS) is 11.6. The molecule has 0 unspecified atom stereocenters. The van der Waals surface area contributed by atoms with E-state index >= 15 is 0 Å². The summed E-state index contributed by atoms with van der Waals surface area (Å²) in [4.78, 5) is 4.46. The molecule has 0 radical (unpaired) electrons. The fraction of sp³-hybridized carbons (Fsp3) is 0.188. The zero-order chi connectivity index (χ0) is 14.8. The Labute approximate surface area is 128 Å². The van der Waals surface area contributed by atoms with Crippen LogP contribution in [0.4, 0.5) is 11.5 Å². The molecule has 3 aromatic rings. The Morgan fingerprint density at radius 2 is 1.95 bits per heavy atom. The number of benzene rings is 1. The summed E-state index contributed by atoms with van der Waals surface area (Å²) in [6, 6.07) is 11.7. The minimum atomic E-state index is 0.644. The minimum Gasteiger partial charge on any atom is -0.281 e. The van der Waals surface area contributed by atoms with Gasteiger partial charge in [0.15, 0.2) is 5.82 Å². The zero-order valence-corrected chi connectivity index (χ0v) is 12.7. The highest BCUT2D eigenvalue weighted by Gasteiger charge is 2.08. The number of pyridine rings is 1. The first-order valence-electron chi connectivity index (χ1n) is 6.83. The van der Waals surface area contributed by atoms with Gasteiger partial charge >= 0.3 is 0 Å². The number of imidazole rings is 1. The Kier molecular flexibility index (Phi) is 3.71. The van der Waals surface area contributed by atoms with Crippen LogP contribution in [0, 0.1) is 6.92 Å². The van der Waals surface area contributed by atoms with Crippen LogP contribution >= 0.6 is 11.6 Å². The smallest absolute Gasteiger partial charge is 0.182 e. The van der Waals surface area contributed by atoms with Crippen LogP contribution in [0.15, 0.2) is 52.8 Å². The van der Waals surface area contributed by atoms with E-state index in [4.69, 9.17) is 11.6 Å². The molecule has 4 nitrogen and oxygen atoms in total. The maximum atomic E-state index is 6.04. The van der Waals surface area contributed by atoms with Crippen LogP contribution in [-0.4, -0.2) is 9.38 Å². The predicted molar refractivity (Wildman–Crippen MR) is 84.9 cm³/mol. The van der Waals surface area contributed by atoms with Gasteiger partial charge in [0.1, 0.15) is 5.65 Å². The first kappa shape index (κ1) is 13.8. The maximum absolute atomic E-state index is 6.04. The van der Waals surface area contributed by atoms with Gasteiger partial charge in [-0.3, -0.25) is 4.40 Å². The Morgan fingerprint density at radius 3 is 2.76 bits per heavy atom. The van der Waals surface area contributed by atoms with E-state index in [1.807, 2.05) is 41.7 Å². The van der Waals surface area contributed by atoms with Gasteiger partial charge in [-0.15, -0.1) is 10.2 Å². The monoisotopic (exact) mass is 298 g/mol. The van der Waals surface area contributed by atoms with Gasteiger partial charge in [-0.1, -0.05) is 36.7 Å². The second kappa shape index (κ2) is 5.66. The van der Waals surface area contributed by atoms with Gasteiger partial charge in [-0.2, -0.15) is 0 Å². The van der Waals surface area contributed by atoms with Crippen LogP contribution in [0.5, 0.6) is 0 Å². The molecule has 2 aromatic heterocycles. The molecule has 0 fully saturated rings. The first-order chi connectivity index (χ1) is 10.2. The maximum Gasteiger partial charge on any atom is 0.182 e. The van der Waals surface area contributed by atoms with Crippen molar-refractivity contribution in [1.82, 2.24) is 9.38 Å². The number of hydrogen-bond donors (Lipinski definition) is 0.